The Hall–Kier alpha value is -1.34. The molecule has 1 heteroatoms. The van der Waals surface area contributed by atoms with Crippen molar-refractivity contribution in [1.82, 2.24) is 0 Å². The lowest BCUT2D eigenvalue weighted by Gasteiger charge is -2.17. The second-order valence-corrected chi connectivity index (χ2v) is 3.91. The topological polar surface area (TPSA) is 20.2 Å². The molecule has 1 aromatic rings. The number of benzene rings is 1. The summed E-state index contributed by atoms with van der Waals surface area (Å²) in [7, 11) is 0. The minimum atomic E-state index is -0.501. The molecule has 0 spiro atoms. The van der Waals surface area contributed by atoms with Gasteiger partial charge in [-0.05, 0) is 19.4 Å². The highest BCUT2D eigenvalue weighted by Crippen LogP contribution is 2.24. The van der Waals surface area contributed by atoms with Gasteiger partial charge in [-0.15, -0.1) is 6.58 Å². The number of aliphatic hydroxyl groups excluding tert-OH is 1. The zero-order valence-corrected chi connectivity index (χ0v) is 9.35. The monoisotopic (exact) mass is 202 g/mol. The summed E-state index contributed by atoms with van der Waals surface area (Å²) in [5.74, 6) is -0.0163. The summed E-state index contributed by atoms with van der Waals surface area (Å²) in [5.41, 5.74) is 2.12. The lowest BCUT2D eigenvalue weighted by atomic mass is 9.94. The van der Waals surface area contributed by atoms with Crippen LogP contribution in [-0.4, -0.2) is 5.11 Å². The highest BCUT2D eigenvalue weighted by Gasteiger charge is 2.14. The Morgan fingerprint density at radius 1 is 1.27 bits per heavy atom. The highest BCUT2D eigenvalue weighted by molar-refractivity contribution is 5.21. The lowest BCUT2D eigenvalue weighted by Crippen LogP contribution is -2.08. The first-order valence-electron chi connectivity index (χ1n) is 5.15. The molecule has 0 heterocycles. The highest BCUT2D eigenvalue weighted by atomic mass is 16.3. The molecule has 0 fully saturated rings. The number of hydrogen-bond donors (Lipinski definition) is 1. The summed E-state index contributed by atoms with van der Waals surface area (Å²) in [4.78, 5) is 0. The van der Waals surface area contributed by atoms with Crippen LogP contribution < -0.4 is 0 Å². The molecule has 0 radical (unpaired) electrons. The third-order valence-corrected chi connectivity index (χ3v) is 2.30. The van der Waals surface area contributed by atoms with E-state index in [1.54, 1.807) is 6.08 Å². The van der Waals surface area contributed by atoms with Gasteiger partial charge in [0.1, 0.15) is 0 Å². The molecule has 2 atom stereocenters. The Morgan fingerprint density at radius 3 is 2.33 bits per heavy atom. The van der Waals surface area contributed by atoms with Gasteiger partial charge in [-0.1, -0.05) is 48.1 Å². The Kier molecular flexibility index (Phi) is 4.32. The van der Waals surface area contributed by atoms with Gasteiger partial charge >= 0.3 is 0 Å². The molecule has 0 bridgehead atoms. The maximum absolute atomic E-state index is 10.1. The molecule has 1 aromatic carbocycles. The molecule has 0 saturated heterocycles. The maximum Gasteiger partial charge on any atom is 0.0887 e. The van der Waals surface area contributed by atoms with Crippen LogP contribution >= 0.6 is 0 Å². The van der Waals surface area contributed by atoms with E-state index in [1.807, 2.05) is 50.3 Å². The first kappa shape index (κ1) is 11.7. The van der Waals surface area contributed by atoms with Gasteiger partial charge in [0, 0.05) is 5.92 Å². The second kappa shape index (κ2) is 5.52. The average molecular weight is 202 g/mol. The van der Waals surface area contributed by atoms with Crippen LogP contribution in [0.5, 0.6) is 0 Å². The Labute approximate surface area is 91.8 Å². The van der Waals surface area contributed by atoms with E-state index >= 15 is 0 Å². The van der Waals surface area contributed by atoms with Gasteiger partial charge in [-0.3, -0.25) is 0 Å². The van der Waals surface area contributed by atoms with Crippen LogP contribution in [0.1, 0.15) is 25.5 Å². The first-order valence-corrected chi connectivity index (χ1v) is 5.15. The summed E-state index contributed by atoms with van der Waals surface area (Å²) in [6.07, 6.45) is 3.31. The smallest absolute Gasteiger partial charge is 0.0887 e. The van der Waals surface area contributed by atoms with Crippen molar-refractivity contribution in [3.63, 3.8) is 0 Å². The summed E-state index contributed by atoms with van der Waals surface area (Å²) in [5, 5.41) is 10.1. The van der Waals surface area contributed by atoms with E-state index in [4.69, 9.17) is 0 Å². The quantitative estimate of drug-likeness (QED) is 0.741. The SMILES string of the molecule is C=C[C@@H](C=C(C)C)[C@H](O)c1ccccc1. The number of hydrogen-bond acceptors (Lipinski definition) is 1. The molecule has 15 heavy (non-hydrogen) atoms. The third-order valence-electron chi connectivity index (χ3n) is 2.30. The van der Waals surface area contributed by atoms with Gasteiger partial charge < -0.3 is 5.11 Å². The van der Waals surface area contributed by atoms with Crippen molar-refractivity contribution >= 4 is 0 Å². The summed E-state index contributed by atoms with van der Waals surface area (Å²) in [6.45, 7) is 7.80. The molecule has 0 saturated carbocycles. The summed E-state index contributed by atoms with van der Waals surface area (Å²) in [6, 6.07) is 9.67. The standard InChI is InChI=1S/C14H18O/c1-4-12(10-11(2)3)14(15)13-8-6-5-7-9-13/h4-10,12,14-15H,1H2,2-3H3/t12-,14-/m0/s1. The molecule has 1 nitrogen and oxygen atoms in total. The molecule has 1 N–H and O–H groups in total. The molecule has 1 rings (SSSR count). The van der Waals surface area contributed by atoms with Crippen LogP contribution in [0.2, 0.25) is 0 Å². The van der Waals surface area contributed by atoms with Crippen molar-refractivity contribution in [1.29, 1.82) is 0 Å². The van der Waals surface area contributed by atoms with E-state index in [9.17, 15) is 5.11 Å². The molecular weight excluding hydrogens is 184 g/mol. The summed E-state index contributed by atoms with van der Waals surface area (Å²) >= 11 is 0. The predicted octanol–water partition coefficient (Wildman–Crippen LogP) is 3.49. The Bertz CT molecular complexity index is 334. The van der Waals surface area contributed by atoms with E-state index < -0.39 is 6.10 Å². The normalized spacial score (nSPS) is 14.1. The zero-order valence-electron chi connectivity index (χ0n) is 9.35. The molecule has 0 unspecified atom stereocenters. The number of allylic oxidation sites excluding steroid dienone is 1. The molecule has 0 aliphatic rings. The van der Waals surface area contributed by atoms with Gasteiger partial charge in [0.05, 0.1) is 6.10 Å². The van der Waals surface area contributed by atoms with E-state index in [2.05, 4.69) is 6.58 Å². The van der Waals surface area contributed by atoms with Crippen molar-refractivity contribution in [2.24, 2.45) is 5.92 Å². The minimum absolute atomic E-state index is 0.0163. The van der Waals surface area contributed by atoms with Crippen LogP contribution in [0.25, 0.3) is 0 Å². The van der Waals surface area contributed by atoms with Gasteiger partial charge in [-0.2, -0.15) is 0 Å². The van der Waals surface area contributed by atoms with Crippen molar-refractivity contribution in [3.05, 3.63) is 60.2 Å². The van der Waals surface area contributed by atoms with Gasteiger partial charge in [-0.25, -0.2) is 0 Å². The third kappa shape index (κ3) is 3.37. The fraction of sp³-hybridized carbons (Fsp3) is 0.286. The minimum Gasteiger partial charge on any atom is -0.387 e. The van der Waals surface area contributed by atoms with Crippen molar-refractivity contribution in [2.75, 3.05) is 0 Å². The lowest BCUT2D eigenvalue weighted by molar-refractivity contribution is 0.151. The number of rotatable bonds is 4. The van der Waals surface area contributed by atoms with Crippen LogP contribution in [0.3, 0.4) is 0 Å². The fourth-order valence-electron chi connectivity index (χ4n) is 1.55. The fourth-order valence-corrected chi connectivity index (χ4v) is 1.55. The van der Waals surface area contributed by atoms with E-state index in [0.717, 1.165) is 5.56 Å². The van der Waals surface area contributed by atoms with Crippen molar-refractivity contribution in [2.45, 2.75) is 20.0 Å². The zero-order chi connectivity index (χ0) is 11.3. The van der Waals surface area contributed by atoms with E-state index in [1.165, 1.54) is 5.57 Å². The van der Waals surface area contributed by atoms with Crippen molar-refractivity contribution < 1.29 is 5.11 Å². The van der Waals surface area contributed by atoms with Gasteiger partial charge in [0.25, 0.3) is 0 Å². The summed E-state index contributed by atoms with van der Waals surface area (Å²) < 4.78 is 0. The molecule has 80 valence electrons. The van der Waals surface area contributed by atoms with Gasteiger partial charge in [0.2, 0.25) is 0 Å². The molecular formula is C14H18O. The van der Waals surface area contributed by atoms with Crippen LogP contribution in [0.15, 0.2) is 54.6 Å². The molecule has 0 aromatic heterocycles. The maximum atomic E-state index is 10.1. The Balaban J connectivity index is 2.87. The molecule has 0 amide bonds. The number of aliphatic hydroxyl groups is 1. The average Bonchev–Trinajstić information content (AvgIpc) is 2.26. The molecule has 0 aliphatic heterocycles. The first-order chi connectivity index (χ1) is 7.15. The van der Waals surface area contributed by atoms with Crippen LogP contribution in [0, 0.1) is 5.92 Å². The van der Waals surface area contributed by atoms with Gasteiger partial charge in [0.15, 0.2) is 0 Å². The van der Waals surface area contributed by atoms with E-state index in [0.29, 0.717) is 0 Å². The van der Waals surface area contributed by atoms with E-state index in [-0.39, 0.29) is 5.92 Å². The largest absolute Gasteiger partial charge is 0.387 e. The second-order valence-electron chi connectivity index (χ2n) is 3.91. The predicted molar refractivity (Wildman–Crippen MR) is 64.5 cm³/mol. The molecule has 0 aliphatic carbocycles. The van der Waals surface area contributed by atoms with Crippen LogP contribution in [-0.2, 0) is 0 Å². The van der Waals surface area contributed by atoms with Crippen LogP contribution in [0.4, 0.5) is 0 Å². The van der Waals surface area contributed by atoms with Crippen molar-refractivity contribution in [3.8, 4) is 0 Å². The Morgan fingerprint density at radius 2 is 1.87 bits per heavy atom.